The molecule has 1 fully saturated rings. The lowest BCUT2D eigenvalue weighted by atomic mass is 9.97. The number of aromatic nitrogens is 2. The van der Waals surface area contributed by atoms with E-state index in [1.54, 1.807) is 16.2 Å². The molecular formula is C15H20N4S2. The van der Waals surface area contributed by atoms with Gasteiger partial charge in [0.15, 0.2) is 5.13 Å². The summed E-state index contributed by atoms with van der Waals surface area (Å²) in [5.74, 6) is 0.684. The van der Waals surface area contributed by atoms with Crippen molar-refractivity contribution < 1.29 is 0 Å². The lowest BCUT2D eigenvalue weighted by Crippen LogP contribution is -2.32. The van der Waals surface area contributed by atoms with Crippen LogP contribution in [0, 0.1) is 0 Å². The van der Waals surface area contributed by atoms with Gasteiger partial charge in [0.2, 0.25) is 0 Å². The number of hydrogen-bond acceptors (Lipinski definition) is 6. The quantitative estimate of drug-likeness (QED) is 0.944. The third kappa shape index (κ3) is 2.84. The molecular weight excluding hydrogens is 300 g/mol. The van der Waals surface area contributed by atoms with Gasteiger partial charge in [-0.15, -0.1) is 22.7 Å². The number of thiazole rings is 2. The van der Waals surface area contributed by atoms with Gasteiger partial charge in [-0.2, -0.15) is 0 Å². The normalized spacial score (nSPS) is 20.0. The van der Waals surface area contributed by atoms with Crippen LogP contribution < -0.4 is 5.73 Å². The van der Waals surface area contributed by atoms with Crippen molar-refractivity contribution in [1.82, 2.24) is 14.9 Å². The van der Waals surface area contributed by atoms with Gasteiger partial charge in [0.25, 0.3) is 0 Å². The molecule has 0 amide bonds. The van der Waals surface area contributed by atoms with Crippen LogP contribution in [0.1, 0.15) is 45.6 Å². The van der Waals surface area contributed by atoms with E-state index in [2.05, 4.69) is 9.88 Å². The summed E-state index contributed by atoms with van der Waals surface area (Å²) >= 11 is 3.59. The number of fused-ring (bicyclic) bond motifs is 1. The highest BCUT2D eigenvalue weighted by molar-refractivity contribution is 7.15. The molecule has 1 aliphatic heterocycles. The topological polar surface area (TPSA) is 55.0 Å². The molecule has 3 heterocycles. The van der Waals surface area contributed by atoms with Crippen LogP contribution in [0.5, 0.6) is 0 Å². The molecule has 0 aromatic carbocycles. The number of nitrogens with zero attached hydrogens (tertiary/aromatic N) is 3. The first-order chi connectivity index (χ1) is 10.3. The van der Waals surface area contributed by atoms with Gasteiger partial charge in [0, 0.05) is 28.4 Å². The van der Waals surface area contributed by atoms with Gasteiger partial charge in [-0.05, 0) is 45.2 Å². The molecule has 1 aliphatic carbocycles. The van der Waals surface area contributed by atoms with Crippen molar-refractivity contribution in [1.29, 1.82) is 0 Å². The molecule has 1 saturated heterocycles. The van der Waals surface area contributed by atoms with Crippen LogP contribution in [0.25, 0.3) is 0 Å². The summed E-state index contributed by atoms with van der Waals surface area (Å²) in [6, 6.07) is 0. The fraction of sp³-hybridized carbons (Fsp3) is 0.600. The van der Waals surface area contributed by atoms with E-state index in [1.807, 2.05) is 17.5 Å². The van der Waals surface area contributed by atoms with Gasteiger partial charge < -0.3 is 5.73 Å². The maximum Gasteiger partial charge on any atom is 0.180 e. The smallest absolute Gasteiger partial charge is 0.180 e. The summed E-state index contributed by atoms with van der Waals surface area (Å²) in [6.45, 7) is 3.31. The minimum absolute atomic E-state index is 0.678. The van der Waals surface area contributed by atoms with E-state index in [0.717, 1.165) is 19.6 Å². The summed E-state index contributed by atoms with van der Waals surface area (Å²) in [5, 5.41) is 2.08. The highest BCUT2D eigenvalue weighted by Gasteiger charge is 2.26. The van der Waals surface area contributed by atoms with E-state index in [-0.39, 0.29) is 0 Å². The summed E-state index contributed by atoms with van der Waals surface area (Å²) in [5.41, 5.74) is 7.10. The van der Waals surface area contributed by atoms with Crippen molar-refractivity contribution in [2.45, 2.75) is 44.6 Å². The van der Waals surface area contributed by atoms with Crippen molar-refractivity contribution >= 4 is 27.8 Å². The van der Waals surface area contributed by atoms with Crippen LogP contribution in [0.2, 0.25) is 0 Å². The molecule has 0 bridgehead atoms. The standard InChI is InChI=1S/C15H20N4S2/c16-15-17-8-11(20-15)9-19-6-4-10(5-7-19)14-18-12-2-1-3-13(12)21-14/h8,10H,1-7,9H2,(H2,16,17). The Morgan fingerprint density at radius 2 is 2.10 bits per heavy atom. The Bertz CT molecular complexity index is 604. The van der Waals surface area contributed by atoms with Crippen molar-refractivity contribution in [3.05, 3.63) is 26.7 Å². The Morgan fingerprint density at radius 1 is 1.24 bits per heavy atom. The molecule has 0 unspecified atom stereocenters. The third-order valence-corrected chi connectivity index (χ3v) is 6.63. The van der Waals surface area contributed by atoms with Gasteiger partial charge in [-0.3, -0.25) is 4.90 Å². The number of hydrogen-bond donors (Lipinski definition) is 1. The van der Waals surface area contributed by atoms with Gasteiger partial charge in [-0.1, -0.05) is 0 Å². The molecule has 2 aliphatic rings. The lowest BCUT2D eigenvalue weighted by molar-refractivity contribution is 0.206. The van der Waals surface area contributed by atoms with E-state index in [9.17, 15) is 0 Å². The molecule has 6 heteroatoms. The molecule has 0 radical (unpaired) electrons. The van der Waals surface area contributed by atoms with Crippen LogP contribution in [0.4, 0.5) is 5.13 Å². The molecule has 0 atom stereocenters. The maximum absolute atomic E-state index is 5.70. The third-order valence-electron chi connectivity index (χ3n) is 4.50. The second kappa shape index (κ2) is 5.66. The molecule has 4 nitrogen and oxygen atoms in total. The number of likely N-dealkylation sites (tertiary alicyclic amines) is 1. The highest BCUT2D eigenvalue weighted by atomic mass is 32.1. The minimum atomic E-state index is 0.678. The largest absolute Gasteiger partial charge is 0.375 e. The number of piperidine rings is 1. The molecule has 2 aromatic rings. The molecule has 2 aromatic heterocycles. The molecule has 0 spiro atoms. The zero-order valence-electron chi connectivity index (χ0n) is 12.0. The fourth-order valence-electron chi connectivity index (χ4n) is 3.34. The number of nitrogens with two attached hydrogens (primary N) is 1. The zero-order chi connectivity index (χ0) is 14.2. The van der Waals surface area contributed by atoms with Crippen molar-refractivity contribution in [2.24, 2.45) is 0 Å². The average Bonchev–Trinajstić information content (AvgIpc) is 3.15. The van der Waals surface area contributed by atoms with Crippen LogP contribution in [0.3, 0.4) is 0 Å². The van der Waals surface area contributed by atoms with Crippen LogP contribution in [-0.4, -0.2) is 28.0 Å². The Hall–Kier alpha value is -0.980. The Balaban J connectivity index is 1.35. The minimum Gasteiger partial charge on any atom is -0.375 e. The SMILES string of the molecule is Nc1ncc(CN2CCC(c3nc4c(s3)CCC4)CC2)s1. The monoisotopic (exact) mass is 320 g/mol. The first kappa shape index (κ1) is 13.7. The molecule has 0 saturated carbocycles. The first-order valence-corrected chi connectivity index (χ1v) is 9.32. The van der Waals surface area contributed by atoms with Crippen LogP contribution >= 0.6 is 22.7 Å². The van der Waals surface area contributed by atoms with E-state index in [4.69, 9.17) is 10.7 Å². The number of rotatable bonds is 3. The molecule has 21 heavy (non-hydrogen) atoms. The first-order valence-electron chi connectivity index (χ1n) is 7.69. The predicted molar refractivity (Wildman–Crippen MR) is 87.9 cm³/mol. The molecule has 2 N–H and O–H groups in total. The van der Waals surface area contributed by atoms with Crippen molar-refractivity contribution in [2.75, 3.05) is 18.8 Å². The van der Waals surface area contributed by atoms with E-state index < -0.39 is 0 Å². The fourth-order valence-corrected chi connectivity index (χ4v) is 5.39. The second-order valence-corrected chi connectivity index (χ2v) is 8.25. The number of aryl methyl sites for hydroxylation is 2. The predicted octanol–water partition coefficient (Wildman–Crippen LogP) is 3.05. The van der Waals surface area contributed by atoms with Gasteiger partial charge in [0.05, 0.1) is 10.7 Å². The van der Waals surface area contributed by atoms with Gasteiger partial charge in [-0.25, -0.2) is 9.97 Å². The summed E-state index contributed by atoms with van der Waals surface area (Å²) in [7, 11) is 0. The summed E-state index contributed by atoms with van der Waals surface area (Å²) in [6.07, 6.45) is 8.17. The lowest BCUT2D eigenvalue weighted by Gasteiger charge is -2.30. The average molecular weight is 320 g/mol. The molecule has 4 rings (SSSR count). The Labute approximate surface area is 133 Å². The number of nitrogen functional groups attached to an aromatic ring is 1. The Morgan fingerprint density at radius 3 is 2.81 bits per heavy atom. The zero-order valence-corrected chi connectivity index (χ0v) is 13.7. The number of anilines is 1. The second-order valence-electron chi connectivity index (χ2n) is 5.99. The molecule has 112 valence electrons. The van der Waals surface area contributed by atoms with Gasteiger partial charge >= 0.3 is 0 Å². The van der Waals surface area contributed by atoms with Crippen LogP contribution in [-0.2, 0) is 19.4 Å². The van der Waals surface area contributed by atoms with Crippen molar-refractivity contribution in [3.8, 4) is 0 Å². The summed E-state index contributed by atoms with van der Waals surface area (Å²) in [4.78, 5) is 14.4. The highest BCUT2D eigenvalue weighted by Crippen LogP contribution is 2.36. The maximum atomic E-state index is 5.70. The van der Waals surface area contributed by atoms with E-state index in [1.165, 1.54) is 47.7 Å². The Kier molecular flexibility index (Phi) is 3.69. The van der Waals surface area contributed by atoms with E-state index >= 15 is 0 Å². The van der Waals surface area contributed by atoms with Crippen molar-refractivity contribution in [3.63, 3.8) is 0 Å². The van der Waals surface area contributed by atoms with Gasteiger partial charge in [0.1, 0.15) is 0 Å². The summed E-state index contributed by atoms with van der Waals surface area (Å²) < 4.78 is 0. The van der Waals surface area contributed by atoms with E-state index in [0.29, 0.717) is 11.0 Å². The van der Waals surface area contributed by atoms with Crippen LogP contribution in [0.15, 0.2) is 6.20 Å².